The van der Waals surface area contributed by atoms with Crippen LogP contribution in [0.3, 0.4) is 0 Å². The molecule has 246 valence electrons. The highest BCUT2D eigenvalue weighted by Gasteiger charge is 2.49. The Morgan fingerprint density at radius 3 is 2.43 bits per heavy atom. The second-order valence-electron chi connectivity index (χ2n) is 10.9. The molecule has 1 saturated heterocycles. The van der Waals surface area contributed by atoms with E-state index in [2.05, 4.69) is 19.1 Å². The van der Waals surface area contributed by atoms with E-state index in [4.69, 9.17) is 18.9 Å². The van der Waals surface area contributed by atoms with Gasteiger partial charge in [-0.25, -0.2) is 29.5 Å². The number of carbonyl (C=O) groups is 2. The molecule has 0 unspecified atom stereocenters. The molecule has 0 saturated carbocycles. The first-order valence-corrected chi connectivity index (χ1v) is 16.6. The SMILES string of the molecule is COC(=O)c1nc(-c2ccc(OS(=O)(=O)C(F)(F)F)nc2-c2csc(-c3csc([C@@H]4CCCN4C(=O)OC(C)(C)C)n3)n2)oc1C. The molecule has 0 aliphatic carbocycles. The lowest BCUT2D eigenvalue weighted by Crippen LogP contribution is -2.36. The summed E-state index contributed by atoms with van der Waals surface area (Å²) < 4.78 is 82.6. The van der Waals surface area contributed by atoms with Gasteiger partial charge in [0.25, 0.3) is 0 Å². The van der Waals surface area contributed by atoms with Crippen molar-refractivity contribution in [3.05, 3.63) is 39.4 Å². The number of hydrogen-bond donors (Lipinski definition) is 0. The molecular formula is C27H26F3N5O8S3. The number of thiazole rings is 2. The number of pyridine rings is 1. The van der Waals surface area contributed by atoms with Crippen LogP contribution < -0.4 is 4.18 Å². The fraction of sp³-hybridized carbons (Fsp3) is 0.407. The summed E-state index contributed by atoms with van der Waals surface area (Å²) in [6.45, 7) is 7.34. The Balaban J connectivity index is 1.50. The summed E-state index contributed by atoms with van der Waals surface area (Å²) in [5.74, 6) is -1.74. The normalized spacial score (nSPS) is 15.7. The summed E-state index contributed by atoms with van der Waals surface area (Å²) >= 11 is 2.47. The highest BCUT2D eigenvalue weighted by atomic mass is 32.2. The van der Waals surface area contributed by atoms with Gasteiger partial charge in [0.05, 0.1) is 18.7 Å². The van der Waals surface area contributed by atoms with E-state index in [-0.39, 0.29) is 40.3 Å². The fourth-order valence-corrected chi connectivity index (χ4v) is 6.62. The molecule has 5 rings (SSSR count). The summed E-state index contributed by atoms with van der Waals surface area (Å²) in [5.41, 5.74) is -6.00. The molecule has 1 aliphatic heterocycles. The molecule has 0 radical (unpaired) electrons. The third kappa shape index (κ3) is 6.85. The zero-order chi connectivity index (χ0) is 33.6. The van der Waals surface area contributed by atoms with Gasteiger partial charge in [0.15, 0.2) is 5.69 Å². The van der Waals surface area contributed by atoms with Gasteiger partial charge in [-0.1, -0.05) is 0 Å². The lowest BCUT2D eigenvalue weighted by Gasteiger charge is -2.27. The zero-order valence-electron chi connectivity index (χ0n) is 24.9. The van der Waals surface area contributed by atoms with Crippen molar-refractivity contribution < 1.29 is 49.3 Å². The molecule has 0 bridgehead atoms. The Labute approximate surface area is 268 Å². The Kier molecular flexibility index (Phi) is 8.86. The van der Waals surface area contributed by atoms with Gasteiger partial charge in [-0.15, -0.1) is 22.7 Å². The van der Waals surface area contributed by atoms with Gasteiger partial charge in [0, 0.05) is 23.4 Å². The number of rotatable bonds is 7. The second kappa shape index (κ2) is 12.3. The minimum atomic E-state index is -6.03. The number of aromatic nitrogens is 4. The van der Waals surface area contributed by atoms with Crippen molar-refractivity contribution in [1.29, 1.82) is 0 Å². The number of ether oxygens (including phenoxy) is 2. The van der Waals surface area contributed by atoms with Gasteiger partial charge >= 0.3 is 27.7 Å². The molecule has 5 heterocycles. The van der Waals surface area contributed by atoms with E-state index in [9.17, 15) is 31.2 Å². The molecule has 4 aromatic heterocycles. The fourth-order valence-electron chi connectivity index (χ4n) is 4.41. The van der Waals surface area contributed by atoms with Crippen molar-refractivity contribution in [2.75, 3.05) is 13.7 Å². The third-order valence-electron chi connectivity index (χ3n) is 6.41. The zero-order valence-corrected chi connectivity index (χ0v) is 27.3. The summed E-state index contributed by atoms with van der Waals surface area (Å²) in [6, 6.07) is 1.78. The summed E-state index contributed by atoms with van der Waals surface area (Å²) in [5, 5.41) is 4.36. The lowest BCUT2D eigenvalue weighted by molar-refractivity contribution is -0.0501. The number of oxazole rings is 1. The lowest BCUT2D eigenvalue weighted by atomic mass is 10.1. The van der Waals surface area contributed by atoms with E-state index in [1.54, 1.807) is 31.1 Å². The maximum Gasteiger partial charge on any atom is 0.534 e. The maximum atomic E-state index is 13.0. The molecular weight excluding hydrogens is 676 g/mol. The van der Waals surface area contributed by atoms with E-state index >= 15 is 0 Å². The third-order valence-corrected chi connectivity index (χ3v) is 9.18. The summed E-state index contributed by atoms with van der Waals surface area (Å²) in [6.07, 6.45) is 1.03. The van der Waals surface area contributed by atoms with Crippen molar-refractivity contribution in [1.82, 2.24) is 24.8 Å². The number of nitrogens with zero attached hydrogens (tertiary/aromatic N) is 5. The Bertz CT molecular complexity index is 1900. The molecule has 0 spiro atoms. The number of amides is 1. The van der Waals surface area contributed by atoms with Crippen molar-refractivity contribution in [2.24, 2.45) is 0 Å². The van der Waals surface area contributed by atoms with Gasteiger partial charge in [0.1, 0.15) is 38.5 Å². The Morgan fingerprint density at radius 2 is 1.76 bits per heavy atom. The Hall–Kier alpha value is -4.10. The molecule has 0 aromatic carbocycles. The van der Waals surface area contributed by atoms with E-state index in [1.165, 1.54) is 29.7 Å². The average Bonchev–Trinajstić information content (AvgIpc) is 3.76. The van der Waals surface area contributed by atoms with Crippen molar-refractivity contribution in [3.63, 3.8) is 0 Å². The molecule has 1 atom stereocenters. The van der Waals surface area contributed by atoms with Gasteiger partial charge < -0.3 is 18.1 Å². The molecule has 1 aliphatic rings. The molecule has 13 nitrogen and oxygen atoms in total. The number of aryl methyl sites for hydroxylation is 1. The van der Waals surface area contributed by atoms with Crippen LogP contribution in [0.2, 0.25) is 0 Å². The second-order valence-corrected chi connectivity index (χ2v) is 14.2. The van der Waals surface area contributed by atoms with Gasteiger partial charge in [-0.2, -0.15) is 21.6 Å². The topological polar surface area (TPSA) is 164 Å². The molecule has 1 amide bonds. The minimum Gasteiger partial charge on any atom is -0.464 e. The number of likely N-dealkylation sites (tertiary alicyclic amines) is 1. The molecule has 0 N–H and O–H groups in total. The van der Waals surface area contributed by atoms with Crippen LogP contribution in [0.1, 0.15) is 60.9 Å². The number of methoxy groups -OCH3 is 1. The van der Waals surface area contributed by atoms with Gasteiger partial charge in [0.2, 0.25) is 11.8 Å². The van der Waals surface area contributed by atoms with Crippen LogP contribution >= 0.6 is 22.7 Å². The number of alkyl halides is 3. The van der Waals surface area contributed by atoms with Crippen LogP contribution in [0.4, 0.5) is 18.0 Å². The number of halogens is 3. The van der Waals surface area contributed by atoms with E-state index in [0.717, 1.165) is 30.9 Å². The smallest absolute Gasteiger partial charge is 0.464 e. The largest absolute Gasteiger partial charge is 0.534 e. The number of hydrogen-bond acceptors (Lipinski definition) is 14. The van der Waals surface area contributed by atoms with Crippen molar-refractivity contribution >= 4 is 44.9 Å². The van der Waals surface area contributed by atoms with Crippen molar-refractivity contribution in [2.45, 2.75) is 57.7 Å². The first-order chi connectivity index (χ1) is 21.5. The predicted molar refractivity (Wildman–Crippen MR) is 159 cm³/mol. The van der Waals surface area contributed by atoms with E-state index in [1.807, 2.05) is 0 Å². The molecule has 46 heavy (non-hydrogen) atoms. The first-order valence-electron chi connectivity index (χ1n) is 13.5. The Morgan fingerprint density at radius 1 is 1.04 bits per heavy atom. The van der Waals surface area contributed by atoms with Gasteiger partial charge in [-0.05, 0) is 46.6 Å². The quantitative estimate of drug-likeness (QED) is 0.119. The summed E-state index contributed by atoms with van der Waals surface area (Å²) in [4.78, 5) is 43.9. The first kappa shape index (κ1) is 33.3. The molecule has 19 heteroatoms. The number of carbonyl (C=O) groups excluding carboxylic acids is 2. The monoisotopic (exact) mass is 701 g/mol. The number of esters is 1. The molecule has 1 fully saturated rings. The van der Waals surface area contributed by atoms with Crippen molar-refractivity contribution in [3.8, 4) is 39.4 Å². The standard InChI is InChI=1S/C27H26F3N5O8S3/c1-13-19(24(36)40-5)34-21(41-13)14-8-9-18(43-46(38,39)27(28,29)30)33-20(14)15-11-44-22(31-15)16-12-45-23(32-16)17-7-6-10-35(17)25(37)42-26(2,3)4/h8-9,11-12,17H,6-7,10H2,1-5H3/t17-/m0/s1. The highest BCUT2D eigenvalue weighted by molar-refractivity contribution is 7.87. The van der Waals surface area contributed by atoms with Gasteiger partial charge in [-0.3, -0.25) is 4.90 Å². The predicted octanol–water partition coefficient (Wildman–Crippen LogP) is 6.38. The van der Waals surface area contributed by atoms with E-state index < -0.39 is 39.2 Å². The minimum absolute atomic E-state index is 0.0739. The van der Waals surface area contributed by atoms with Crippen LogP contribution in [-0.4, -0.2) is 70.1 Å². The average molecular weight is 702 g/mol. The maximum absolute atomic E-state index is 13.0. The van der Waals surface area contributed by atoms with Crippen LogP contribution in [-0.2, 0) is 19.6 Å². The van der Waals surface area contributed by atoms with E-state index in [0.29, 0.717) is 28.7 Å². The van der Waals surface area contributed by atoms with Crippen LogP contribution in [0.5, 0.6) is 5.88 Å². The summed E-state index contributed by atoms with van der Waals surface area (Å²) in [7, 11) is -4.88. The highest BCUT2D eigenvalue weighted by Crippen LogP contribution is 2.39. The van der Waals surface area contributed by atoms with Crippen LogP contribution in [0.15, 0.2) is 27.3 Å². The molecule has 4 aromatic rings. The van der Waals surface area contributed by atoms with Crippen LogP contribution in [0, 0.1) is 6.92 Å². The van der Waals surface area contributed by atoms with Crippen LogP contribution in [0.25, 0.3) is 33.5 Å².